The summed E-state index contributed by atoms with van der Waals surface area (Å²) in [4.78, 5) is 16.7. The van der Waals surface area contributed by atoms with Gasteiger partial charge in [-0.05, 0) is 6.07 Å². The molecule has 8 nitrogen and oxygen atoms in total. The quantitative estimate of drug-likeness (QED) is 0.285. The van der Waals surface area contributed by atoms with E-state index in [-0.39, 0.29) is 17.2 Å². The number of pyridine rings is 1. The first-order chi connectivity index (χ1) is 9.92. The first-order valence-corrected chi connectivity index (χ1v) is 7.40. The third-order valence-electron chi connectivity index (χ3n) is 3.15. The molecule has 2 heterocycles. The van der Waals surface area contributed by atoms with Gasteiger partial charge in [-0.2, -0.15) is 11.8 Å². The van der Waals surface area contributed by atoms with Crippen molar-refractivity contribution in [2.45, 2.75) is 24.3 Å². The largest absolute Gasteiger partial charge is 0.409 e. The highest BCUT2D eigenvalue weighted by Gasteiger charge is 2.26. The maximum Gasteiger partial charge on any atom is 0.298 e. The van der Waals surface area contributed by atoms with Crippen LogP contribution >= 0.6 is 11.8 Å². The monoisotopic (exact) mass is 311 g/mol. The molecule has 2 unspecified atom stereocenters. The van der Waals surface area contributed by atoms with Crippen molar-refractivity contribution in [1.29, 1.82) is 0 Å². The van der Waals surface area contributed by atoms with E-state index in [0.717, 1.165) is 13.1 Å². The fourth-order valence-corrected chi connectivity index (χ4v) is 3.69. The van der Waals surface area contributed by atoms with Crippen LogP contribution in [-0.4, -0.2) is 44.5 Å². The second kappa shape index (κ2) is 6.17. The summed E-state index contributed by atoms with van der Waals surface area (Å²) >= 11 is 1.90. The number of oxime groups is 1. The second-order valence-corrected chi connectivity index (χ2v) is 6.82. The molecule has 0 saturated carbocycles. The molecule has 0 spiro atoms. The van der Waals surface area contributed by atoms with Crippen molar-refractivity contribution in [3.63, 3.8) is 0 Å². The number of amidine groups is 1. The van der Waals surface area contributed by atoms with Crippen LogP contribution in [0.1, 0.15) is 19.5 Å². The molecule has 21 heavy (non-hydrogen) atoms. The van der Waals surface area contributed by atoms with Crippen LogP contribution in [0.3, 0.4) is 0 Å². The summed E-state index contributed by atoms with van der Waals surface area (Å²) in [5.41, 5.74) is 5.11. The van der Waals surface area contributed by atoms with Gasteiger partial charge in [-0.3, -0.25) is 10.1 Å². The van der Waals surface area contributed by atoms with Crippen molar-refractivity contribution in [3.05, 3.63) is 27.9 Å². The van der Waals surface area contributed by atoms with Gasteiger partial charge in [-0.1, -0.05) is 19.0 Å². The summed E-state index contributed by atoms with van der Waals surface area (Å²) in [6.07, 6.45) is 0. The standard InChI is InChI=1S/C12H17N5O3S/c1-7-5-16(6-8(2)21-7)10-4-3-9(17(19)20)11(14-10)12(13)15-18/h3-4,7-8,18H,5-6H2,1-2H3,(H2,13,15). The van der Waals surface area contributed by atoms with Gasteiger partial charge in [0.2, 0.25) is 0 Å². The summed E-state index contributed by atoms with van der Waals surface area (Å²) < 4.78 is 0. The zero-order valence-electron chi connectivity index (χ0n) is 11.8. The van der Waals surface area contributed by atoms with Crippen molar-refractivity contribution in [2.24, 2.45) is 10.9 Å². The van der Waals surface area contributed by atoms with Crippen LogP contribution in [0.15, 0.2) is 17.3 Å². The predicted molar refractivity (Wildman–Crippen MR) is 82.1 cm³/mol. The molecule has 0 radical (unpaired) electrons. The molecule has 0 amide bonds. The highest BCUT2D eigenvalue weighted by Crippen LogP contribution is 2.29. The summed E-state index contributed by atoms with van der Waals surface area (Å²) in [7, 11) is 0. The third kappa shape index (κ3) is 3.35. The topological polar surface area (TPSA) is 118 Å². The first-order valence-electron chi connectivity index (χ1n) is 6.46. The summed E-state index contributed by atoms with van der Waals surface area (Å²) in [6.45, 7) is 5.86. The Morgan fingerprint density at radius 1 is 1.52 bits per heavy atom. The Morgan fingerprint density at radius 2 is 2.14 bits per heavy atom. The van der Waals surface area contributed by atoms with Gasteiger partial charge in [-0.25, -0.2) is 4.98 Å². The number of nitrogens with two attached hydrogens (primary N) is 1. The van der Waals surface area contributed by atoms with Crippen LogP contribution in [0, 0.1) is 10.1 Å². The van der Waals surface area contributed by atoms with E-state index < -0.39 is 4.92 Å². The van der Waals surface area contributed by atoms with E-state index in [1.807, 2.05) is 11.8 Å². The highest BCUT2D eigenvalue weighted by atomic mass is 32.2. The molecule has 2 atom stereocenters. The summed E-state index contributed by atoms with van der Waals surface area (Å²) in [5, 5.41) is 23.5. The zero-order chi connectivity index (χ0) is 15.6. The van der Waals surface area contributed by atoms with Crippen molar-refractivity contribution in [3.8, 4) is 0 Å². The average molecular weight is 311 g/mol. The molecule has 0 aromatic carbocycles. The SMILES string of the molecule is CC1CN(c2ccc([N+](=O)[O-])c(/C(N)=N/O)n2)CC(C)S1. The van der Waals surface area contributed by atoms with Crippen molar-refractivity contribution in [1.82, 2.24) is 4.98 Å². The third-order valence-corrected chi connectivity index (χ3v) is 4.38. The van der Waals surface area contributed by atoms with Gasteiger partial charge in [-0.15, -0.1) is 0 Å². The second-order valence-electron chi connectivity index (χ2n) is 4.94. The zero-order valence-corrected chi connectivity index (χ0v) is 12.6. The molecule has 1 fully saturated rings. The minimum Gasteiger partial charge on any atom is -0.409 e. The molecular formula is C12H17N5O3S. The van der Waals surface area contributed by atoms with Gasteiger partial charge in [0.25, 0.3) is 5.69 Å². The number of nitrogens with zero attached hydrogens (tertiary/aromatic N) is 4. The van der Waals surface area contributed by atoms with Crippen molar-refractivity contribution < 1.29 is 10.1 Å². The Balaban J connectivity index is 2.39. The van der Waals surface area contributed by atoms with E-state index in [2.05, 4.69) is 28.9 Å². The molecule has 1 saturated heterocycles. The number of aromatic nitrogens is 1. The lowest BCUT2D eigenvalue weighted by Gasteiger charge is -2.35. The van der Waals surface area contributed by atoms with E-state index in [0.29, 0.717) is 16.3 Å². The number of anilines is 1. The molecule has 1 aliphatic rings. The molecule has 1 aromatic rings. The molecule has 2 rings (SSSR count). The van der Waals surface area contributed by atoms with Crippen LogP contribution in [0.5, 0.6) is 0 Å². The molecule has 0 bridgehead atoms. The molecule has 3 N–H and O–H groups in total. The van der Waals surface area contributed by atoms with Gasteiger partial charge < -0.3 is 15.8 Å². The molecule has 1 aromatic heterocycles. The molecular weight excluding hydrogens is 294 g/mol. The lowest BCUT2D eigenvalue weighted by atomic mass is 10.2. The Morgan fingerprint density at radius 3 is 2.67 bits per heavy atom. The average Bonchev–Trinajstić information content (AvgIpc) is 2.44. The number of hydrogen-bond donors (Lipinski definition) is 2. The normalized spacial score (nSPS) is 23.1. The molecule has 0 aliphatic carbocycles. The van der Waals surface area contributed by atoms with E-state index in [1.165, 1.54) is 6.07 Å². The van der Waals surface area contributed by atoms with E-state index >= 15 is 0 Å². The fourth-order valence-electron chi connectivity index (χ4n) is 2.37. The Bertz CT molecular complexity index is 570. The Hall–Kier alpha value is -2.03. The Labute approximate surface area is 126 Å². The van der Waals surface area contributed by atoms with Gasteiger partial charge >= 0.3 is 0 Å². The minimum atomic E-state index is -0.596. The van der Waals surface area contributed by atoms with Crippen LogP contribution in [0.4, 0.5) is 11.5 Å². The van der Waals surface area contributed by atoms with Crippen molar-refractivity contribution >= 4 is 29.1 Å². The van der Waals surface area contributed by atoms with Crippen LogP contribution in [0.2, 0.25) is 0 Å². The molecule has 1 aliphatic heterocycles. The summed E-state index contributed by atoms with van der Waals surface area (Å²) in [6, 6.07) is 2.94. The van der Waals surface area contributed by atoms with E-state index in [9.17, 15) is 10.1 Å². The smallest absolute Gasteiger partial charge is 0.298 e. The first kappa shape index (κ1) is 15.4. The highest BCUT2D eigenvalue weighted by molar-refractivity contribution is 8.00. The van der Waals surface area contributed by atoms with E-state index in [1.54, 1.807) is 6.07 Å². The Kier molecular flexibility index (Phi) is 4.51. The molecule has 9 heteroatoms. The lowest BCUT2D eigenvalue weighted by Crippen LogP contribution is -2.41. The van der Waals surface area contributed by atoms with Crippen LogP contribution < -0.4 is 10.6 Å². The summed E-state index contributed by atoms with van der Waals surface area (Å²) in [5.74, 6) is 0.234. The number of nitro groups is 1. The number of thioether (sulfide) groups is 1. The van der Waals surface area contributed by atoms with Gasteiger partial charge in [0.15, 0.2) is 11.5 Å². The van der Waals surface area contributed by atoms with Crippen LogP contribution in [-0.2, 0) is 0 Å². The number of hydrogen-bond acceptors (Lipinski definition) is 7. The van der Waals surface area contributed by atoms with E-state index in [4.69, 9.17) is 10.9 Å². The number of rotatable bonds is 3. The van der Waals surface area contributed by atoms with Gasteiger partial charge in [0, 0.05) is 29.7 Å². The predicted octanol–water partition coefficient (Wildman–Crippen LogP) is 1.41. The van der Waals surface area contributed by atoms with Crippen molar-refractivity contribution in [2.75, 3.05) is 18.0 Å². The minimum absolute atomic E-state index is 0.112. The molecule has 114 valence electrons. The van der Waals surface area contributed by atoms with Crippen LogP contribution in [0.25, 0.3) is 0 Å². The van der Waals surface area contributed by atoms with Gasteiger partial charge in [0.1, 0.15) is 5.82 Å². The maximum atomic E-state index is 11.0. The maximum absolute atomic E-state index is 11.0. The lowest BCUT2D eigenvalue weighted by molar-refractivity contribution is -0.385. The van der Waals surface area contributed by atoms with Gasteiger partial charge in [0.05, 0.1) is 4.92 Å². The fraction of sp³-hybridized carbons (Fsp3) is 0.500.